The van der Waals surface area contributed by atoms with Crippen molar-refractivity contribution in [2.45, 2.75) is 41.6 Å². The lowest BCUT2D eigenvalue weighted by Gasteiger charge is -2.33. The van der Waals surface area contributed by atoms with E-state index in [-0.39, 0.29) is 0 Å². The van der Waals surface area contributed by atoms with Crippen LogP contribution in [0.15, 0.2) is 69.4 Å². The molecule has 1 saturated heterocycles. The van der Waals surface area contributed by atoms with Gasteiger partial charge in [0.05, 0.1) is 0 Å². The van der Waals surface area contributed by atoms with Crippen LogP contribution in [-0.2, 0) is 11.3 Å². The number of guanidine groups is 1. The fourth-order valence-corrected chi connectivity index (χ4v) is 4.44. The quantitative estimate of drug-likeness (QED) is 0.361. The number of methoxy groups -OCH3 is 1. The Labute approximate surface area is 185 Å². The lowest BCUT2D eigenvalue weighted by atomic mass is 10.1. The largest absolute Gasteiger partial charge is 0.385 e. The fraction of sp³-hybridized carbons (Fsp3) is 0.458. The molecule has 30 heavy (non-hydrogen) atoms. The Morgan fingerprint density at radius 3 is 2.43 bits per heavy atom. The van der Waals surface area contributed by atoms with E-state index >= 15 is 0 Å². The highest BCUT2D eigenvalue weighted by Gasteiger charge is 2.19. The van der Waals surface area contributed by atoms with Crippen LogP contribution in [0.2, 0.25) is 0 Å². The van der Waals surface area contributed by atoms with Crippen LogP contribution in [0.25, 0.3) is 0 Å². The van der Waals surface area contributed by atoms with Gasteiger partial charge in [-0.25, -0.2) is 0 Å². The molecule has 1 aliphatic heterocycles. The van der Waals surface area contributed by atoms with Gasteiger partial charge in [0.15, 0.2) is 5.96 Å². The van der Waals surface area contributed by atoms with Crippen LogP contribution in [0.3, 0.4) is 0 Å². The molecule has 0 atom stereocenters. The maximum Gasteiger partial charge on any atom is 0.191 e. The molecule has 0 amide bonds. The van der Waals surface area contributed by atoms with Crippen LogP contribution in [0.5, 0.6) is 0 Å². The predicted octanol–water partition coefficient (Wildman–Crippen LogP) is 4.00. The number of hydrogen-bond acceptors (Lipinski definition) is 4. The SMILES string of the molecule is CN=C(NCc1ccc(Sc2ccccc2)cc1)NC1CCN(CCCOC)CC1. The van der Waals surface area contributed by atoms with Crippen molar-refractivity contribution in [2.75, 3.05) is 40.4 Å². The Morgan fingerprint density at radius 2 is 1.77 bits per heavy atom. The summed E-state index contributed by atoms with van der Waals surface area (Å²) in [6.45, 7) is 5.02. The third-order valence-electron chi connectivity index (χ3n) is 5.34. The molecule has 1 aliphatic rings. The van der Waals surface area contributed by atoms with Crippen molar-refractivity contribution in [3.05, 3.63) is 60.2 Å². The number of aliphatic imine (C=N–C) groups is 1. The Morgan fingerprint density at radius 1 is 1.07 bits per heavy atom. The molecule has 1 heterocycles. The first kappa shape index (κ1) is 22.7. The summed E-state index contributed by atoms with van der Waals surface area (Å²) in [6, 6.07) is 19.7. The van der Waals surface area contributed by atoms with Gasteiger partial charge < -0.3 is 20.3 Å². The van der Waals surface area contributed by atoms with Gasteiger partial charge in [0, 0.05) is 62.8 Å². The standard InChI is InChI=1S/C24H34N4OS/c1-25-24(27-21-13-16-28(17-14-21)15-6-18-29-2)26-19-20-9-11-23(12-10-20)30-22-7-4-3-5-8-22/h3-5,7-12,21H,6,13-19H2,1-2H3,(H2,25,26,27). The highest BCUT2D eigenvalue weighted by atomic mass is 32.2. The minimum Gasteiger partial charge on any atom is -0.385 e. The first-order valence-electron chi connectivity index (χ1n) is 10.8. The fourth-order valence-electron chi connectivity index (χ4n) is 3.61. The predicted molar refractivity (Wildman–Crippen MR) is 126 cm³/mol. The molecule has 162 valence electrons. The second-order valence-electron chi connectivity index (χ2n) is 7.59. The number of rotatable bonds is 9. The van der Waals surface area contributed by atoms with Crippen molar-refractivity contribution in [1.29, 1.82) is 0 Å². The van der Waals surface area contributed by atoms with Gasteiger partial charge in [0.25, 0.3) is 0 Å². The normalized spacial score (nSPS) is 15.9. The van der Waals surface area contributed by atoms with E-state index in [9.17, 15) is 0 Å². The molecule has 0 radical (unpaired) electrons. The Kier molecular flexibility index (Phi) is 9.54. The maximum atomic E-state index is 5.15. The Bertz CT molecular complexity index is 759. The molecule has 0 bridgehead atoms. The Balaban J connectivity index is 1.39. The molecule has 0 saturated carbocycles. The highest BCUT2D eigenvalue weighted by molar-refractivity contribution is 7.99. The second-order valence-corrected chi connectivity index (χ2v) is 8.74. The zero-order valence-corrected chi connectivity index (χ0v) is 19.0. The summed E-state index contributed by atoms with van der Waals surface area (Å²) < 4.78 is 5.15. The number of hydrogen-bond donors (Lipinski definition) is 2. The monoisotopic (exact) mass is 426 g/mol. The van der Waals surface area contributed by atoms with E-state index < -0.39 is 0 Å². The molecular formula is C24H34N4OS. The van der Waals surface area contributed by atoms with Crippen molar-refractivity contribution in [2.24, 2.45) is 4.99 Å². The molecule has 2 aromatic rings. The second kappa shape index (κ2) is 12.6. The number of nitrogens with zero attached hydrogens (tertiary/aromatic N) is 2. The third kappa shape index (κ3) is 7.67. The van der Waals surface area contributed by atoms with Crippen LogP contribution in [-0.4, -0.2) is 57.3 Å². The van der Waals surface area contributed by atoms with Gasteiger partial charge in [-0.05, 0) is 49.1 Å². The number of ether oxygens (including phenoxy) is 1. The van der Waals surface area contributed by atoms with Gasteiger partial charge in [-0.15, -0.1) is 0 Å². The zero-order chi connectivity index (χ0) is 21.0. The first-order chi connectivity index (χ1) is 14.8. The molecule has 0 spiro atoms. The van der Waals surface area contributed by atoms with Crippen molar-refractivity contribution in [3.8, 4) is 0 Å². The van der Waals surface area contributed by atoms with Gasteiger partial charge in [0.1, 0.15) is 0 Å². The molecule has 1 fully saturated rings. The molecule has 0 unspecified atom stereocenters. The molecule has 0 aliphatic carbocycles. The van der Waals surface area contributed by atoms with E-state index in [1.54, 1.807) is 18.9 Å². The number of nitrogens with one attached hydrogen (secondary N) is 2. The summed E-state index contributed by atoms with van der Waals surface area (Å²) in [5.74, 6) is 0.885. The van der Waals surface area contributed by atoms with Crippen LogP contribution in [0.1, 0.15) is 24.8 Å². The summed E-state index contributed by atoms with van der Waals surface area (Å²) in [5, 5.41) is 7.05. The van der Waals surface area contributed by atoms with Crippen LogP contribution in [0, 0.1) is 0 Å². The van der Waals surface area contributed by atoms with E-state index in [2.05, 4.69) is 69.1 Å². The molecule has 3 rings (SSSR count). The number of benzene rings is 2. The lowest BCUT2D eigenvalue weighted by molar-refractivity contribution is 0.155. The molecule has 5 nitrogen and oxygen atoms in total. The van der Waals surface area contributed by atoms with Crippen LogP contribution >= 0.6 is 11.8 Å². The molecular weight excluding hydrogens is 392 g/mol. The van der Waals surface area contributed by atoms with E-state index in [1.807, 2.05) is 13.1 Å². The van der Waals surface area contributed by atoms with Crippen molar-refractivity contribution in [3.63, 3.8) is 0 Å². The summed E-state index contributed by atoms with van der Waals surface area (Å²) in [4.78, 5) is 9.46. The Hall–Kier alpha value is -2.02. The first-order valence-corrected chi connectivity index (χ1v) is 11.6. The van der Waals surface area contributed by atoms with E-state index in [4.69, 9.17) is 4.74 Å². The minimum absolute atomic E-state index is 0.486. The average Bonchev–Trinajstić information content (AvgIpc) is 2.79. The number of piperidine rings is 1. The van der Waals surface area contributed by atoms with Crippen LogP contribution < -0.4 is 10.6 Å². The molecule has 0 aromatic heterocycles. The minimum atomic E-state index is 0.486. The molecule has 2 N–H and O–H groups in total. The van der Waals surface area contributed by atoms with E-state index in [0.29, 0.717) is 6.04 Å². The number of likely N-dealkylation sites (tertiary alicyclic amines) is 1. The maximum absolute atomic E-state index is 5.15. The summed E-state index contributed by atoms with van der Waals surface area (Å²) in [5.41, 5.74) is 1.25. The molecule has 6 heteroatoms. The van der Waals surface area contributed by atoms with Gasteiger partial charge in [-0.3, -0.25) is 4.99 Å². The van der Waals surface area contributed by atoms with Gasteiger partial charge >= 0.3 is 0 Å². The summed E-state index contributed by atoms with van der Waals surface area (Å²) in [7, 11) is 3.61. The van der Waals surface area contributed by atoms with Gasteiger partial charge in [-0.1, -0.05) is 42.1 Å². The molecule has 2 aromatic carbocycles. The van der Waals surface area contributed by atoms with E-state index in [0.717, 1.165) is 58.0 Å². The highest BCUT2D eigenvalue weighted by Crippen LogP contribution is 2.27. The average molecular weight is 427 g/mol. The summed E-state index contributed by atoms with van der Waals surface area (Å²) in [6.07, 6.45) is 3.42. The van der Waals surface area contributed by atoms with Crippen molar-refractivity contribution in [1.82, 2.24) is 15.5 Å². The van der Waals surface area contributed by atoms with Crippen molar-refractivity contribution < 1.29 is 4.74 Å². The topological polar surface area (TPSA) is 48.9 Å². The van der Waals surface area contributed by atoms with Gasteiger partial charge in [0.2, 0.25) is 0 Å². The lowest BCUT2D eigenvalue weighted by Crippen LogP contribution is -2.48. The zero-order valence-electron chi connectivity index (χ0n) is 18.1. The summed E-state index contributed by atoms with van der Waals surface area (Å²) >= 11 is 1.79. The third-order valence-corrected chi connectivity index (χ3v) is 6.35. The van der Waals surface area contributed by atoms with Crippen molar-refractivity contribution >= 4 is 17.7 Å². The van der Waals surface area contributed by atoms with Crippen LogP contribution in [0.4, 0.5) is 0 Å². The smallest absolute Gasteiger partial charge is 0.191 e. The van der Waals surface area contributed by atoms with E-state index in [1.165, 1.54) is 15.4 Å². The van der Waals surface area contributed by atoms with Gasteiger partial charge in [-0.2, -0.15) is 0 Å².